The zero-order valence-corrected chi connectivity index (χ0v) is 25.4. The van der Waals surface area contributed by atoms with Crippen LogP contribution in [0, 0.1) is 28.6 Å². The van der Waals surface area contributed by atoms with Crippen molar-refractivity contribution < 1.29 is 38.9 Å². The van der Waals surface area contributed by atoms with Crippen molar-refractivity contribution in [3.8, 4) is 5.75 Å². The van der Waals surface area contributed by atoms with Crippen LogP contribution >= 0.6 is 0 Å². The lowest BCUT2D eigenvalue weighted by atomic mass is 9.40. The molecule has 0 aliphatic heterocycles. The summed E-state index contributed by atoms with van der Waals surface area (Å²) in [5, 5.41) is 26.0. The molecular formula is C32H41NO8. The number of aliphatic hydroxyl groups is 1. The van der Waals surface area contributed by atoms with Crippen molar-refractivity contribution in [2.75, 3.05) is 11.9 Å². The van der Waals surface area contributed by atoms with Crippen LogP contribution in [0.25, 0.3) is 0 Å². The van der Waals surface area contributed by atoms with E-state index in [9.17, 15) is 34.2 Å². The van der Waals surface area contributed by atoms with Crippen LogP contribution < -0.4 is 5.32 Å². The molecule has 5 atom stereocenters. The molecule has 0 saturated heterocycles. The molecule has 1 aromatic carbocycles. The SMILES string of the molecule is CCOC(=O)Nc1cc(C(C)C)c2c(c1O)C(=O)C1C(=O)[C@]3(O)C(=O)C(C(C)=O)=C(C)[C@@H](C(C)C)[C@]3(C)C[C@]1(C)C2. The third-order valence-corrected chi connectivity index (χ3v) is 9.70. The number of benzene rings is 1. The third kappa shape index (κ3) is 4.10. The summed E-state index contributed by atoms with van der Waals surface area (Å²) >= 11 is 0. The maximum Gasteiger partial charge on any atom is 0.411 e. The van der Waals surface area contributed by atoms with E-state index in [0.29, 0.717) is 11.1 Å². The summed E-state index contributed by atoms with van der Waals surface area (Å²) in [5.41, 5.74) is -3.33. The lowest BCUT2D eigenvalue weighted by Crippen LogP contribution is -2.73. The molecule has 1 unspecified atom stereocenters. The van der Waals surface area contributed by atoms with Gasteiger partial charge in [-0.3, -0.25) is 24.5 Å². The number of phenolic OH excluding ortho intramolecular Hbond substituents is 1. The van der Waals surface area contributed by atoms with E-state index in [1.54, 1.807) is 26.8 Å². The molecule has 0 bridgehead atoms. The second kappa shape index (κ2) is 9.89. The quantitative estimate of drug-likeness (QED) is 0.258. The average molecular weight is 568 g/mol. The van der Waals surface area contributed by atoms with Crippen LogP contribution in [0.1, 0.15) is 96.1 Å². The summed E-state index contributed by atoms with van der Waals surface area (Å²) < 4.78 is 4.95. The Hall–Kier alpha value is -3.33. The van der Waals surface area contributed by atoms with Gasteiger partial charge in [0.2, 0.25) is 5.78 Å². The molecule has 0 radical (unpaired) electrons. The van der Waals surface area contributed by atoms with E-state index in [1.165, 1.54) is 6.92 Å². The number of hydrogen-bond acceptors (Lipinski definition) is 8. The highest BCUT2D eigenvalue weighted by atomic mass is 16.5. The molecule has 9 nitrogen and oxygen atoms in total. The smallest absolute Gasteiger partial charge is 0.411 e. The monoisotopic (exact) mass is 567 g/mol. The second-order valence-corrected chi connectivity index (χ2v) is 13.2. The van der Waals surface area contributed by atoms with E-state index in [0.717, 1.165) is 5.56 Å². The predicted octanol–water partition coefficient (Wildman–Crippen LogP) is 4.92. The zero-order valence-electron chi connectivity index (χ0n) is 25.4. The van der Waals surface area contributed by atoms with Gasteiger partial charge >= 0.3 is 6.09 Å². The van der Waals surface area contributed by atoms with Gasteiger partial charge in [-0.15, -0.1) is 0 Å². The fourth-order valence-electron chi connectivity index (χ4n) is 8.47. The van der Waals surface area contributed by atoms with Gasteiger partial charge in [0.1, 0.15) is 5.75 Å². The third-order valence-electron chi connectivity index (χ3n) is 9.70. The number of nitrogens with one attached hydrogen (secondary N) is 1. The number of ketones is 4. The number of rotatable bonds is 5. The maximum atomic E-state index is 14.5. The number of aromatic hydroxyl groups is 1. The topological polar surface area (TPSA) is 147 Å². The number of fused-ring (bicyclic) bond motifs is 3. The molecule has 3 aliphatic carbocycles. The Balaban J connectivity index is 1.98. The van der Waals surface area contributed by atoms with Gasteiger partial charge in [0, 0.05) is 5.41 Å². The highest BCUT2D eigenvalue weighted by Crippen LogP contribution is 2.65. The lowest BCUT2D eigenvalue weighted by molar-refractivity contribution is -0.192. The molecule has 222 valence electrons. The number of ether oxygens (including phenoxy) is 1. The maximum absolute atomic E-state index is 14.5. The number of allylic oxidation sites excluding steroid dienone is 1. The van der Waals surface area contributed by atoms with E-state index in [1.807, 2.05) is 34.6 Å². The van der Waals surface area contributed by atoms with Crippen LogP contribution in [0.15, 0.2) is 17.2 Å². The van der Waals surface area contributed by atoms with Crippen molar-refractivity contribution in [3.63, 3.8) is 0 Å². The van der Waals surface area contributed by atoms with E-state index < -0.39 is 63.2 Å². The van der Waals surface area contributed by atoms with Crippen LogP contribution in [-0.2, 0) is 25.5 Å². The molecule has 3 aliphatic rings. The first-order chi connectivity index (χ1) is 18.9. The molecule has 0 spiro atoms. The molecule has 1 fully saturated rings. The van der Waals surface area contributed by atoms with Crippen LogP contribution in [0.4, 0.5) is 10.5 Å². The normalized spacial score (nSPS) is 31.2. The molecule has 0 aromatic heterocycles. The molecule has 1 amide bonds. The van der Waals surface area contributed by atoms with Gasteiger partial charge in [0.15, 0.2) is 23.0 Å². The molecule has 1 saturated carbocycles. The van der Waals surface area contributed by atoms with Gasteiger partial charge in [0.25, 0.3) is 0 Å². The summed E-state index contributed by atoms with van der Waals surface area (Å²) in [5.74, 6) is -5.80. The predicted molar refractivity (Wildman–Crippen MR) is 152 cm³/mol. The first-order valence-electron chi connectivity index (χ1n) is 14.3. The standard InChI is InChI=1S/C32H41NO8/c1-10-41-29(39)33-20-11-18(14(2)3)19-12-30(8)13-31(9)23(15(4)5)16(6)21(17(7)34)27(37)32(31,40)28(38)24(30)26(36)22(19)25(20)35/h11,14-15,23-24,35,40H,10,12-13H2,1-9H3,(H,33,39)/t23-,24?,30+,31+,32-/m1/s1. The van der Waals surface area contributed by atoms with E-state index in [2.05, 4.69) is 5.32 Å². The Morgan fingerprint density at radius 3 is 2.27 bits per heavy atom. The Morgan fingerprint density at radius 1 is 1.15 bits per heavy atom. The van der Waals surface area contributed by atoms with Crippen molar-refractivity contribution in [3.05, 3.63) is 33.9 Å². The first-order valence-corrected chi connectivity index (χ1v) is 14.3. The number of hydrogen-bond donors (Lipinski definition) is 3. The summed E-state index contributed by atoms with van der Waals surface area (Å²) in [7, 11) is 0. The minimum atomic E-state index is -2.60. The molecule has 3 N–H and O–H groups in total. The highest BCUT2D eigenvalue weighted by molar-refractivity contribution is 6.33. The van der Waals surface area contributed by atoms with Gasteiger partial charge in [-0.05, 0) is 74.0 Å². The molecule has 41 heavy (non-hydrogen) atoms. The Morgan fingerprint density at radius 2 is 1.76 bits per heavy atom. The van der Waals surface area contributed by atoms with Gasteiger partial charge in [-0.25, -0.2) is 4.79 Å². The van der Waals surface area contributed by atoms with Crippen LogP contribution in [0.5, 0.6) is 5.75 Å². The van der Waals surface area contributed by atoms with Crippen molar-refractivity contribution in [1.82, 2.24) is 0 Å². The van der Waals surface area contributed by atoms with Gasteiger partial charge in [-0.2, -0.15) is 0 Å². The Labute approximate surface area is 240 Å². The van der Waals surface area contributed by atoms with Gasteiger partial charge in [0.05, 0.1) is 29.3 Å². The van der Waals surface area contributed by atoms with E-state index in [-0.39, 0.29) is 48.1 Å². The molecule has 4 rings (SSSR count). The summed E-state index contributed by atoms with van der Waals surface area (Å²) in [6, 6.07) is 1.63. The van der Waals surface area contributed by atoms with Crippen LogP contribution in [-0.4, -0.2) is 51.6 Å². The number of carbonyl (C=O) groups excluding carboxylic acids is 5. The Kier molecular flexibility index (Phi) is 7.39. The summed E-state index contributed by atoms with van der Waals surface area (Å²) in [6.45, 7) is 16.0. The highest BCUT2D eigenvalue weighted by Gasteiger charge is 2.73. The number of Topliss-reactive ketones (excluding diaryl/α,β-unsaturated/α-hetero) is 4. The van der Waals surface area contributed by atoms with E-state index >= 15 is 0 Å². The molecule has 0 heterocycles. The minimum Gasteiger partial charge on any atom is -0.505 e. The van der Waals surface area contributed by atoms with Gasteiger partial charge < -0.3 is 14.9 Å². The second-order valence-electron chi connectivity index (χ2n) is 13.2. The van der Waals surface area contributed by atoms with Crippen molar-refractivity contribution in [2.45, 2.75) is 86.7 Å². The fraction of sp³-hybridized carbons (Fsp3) is 0.594. The molecular weight excluding hydrogens is 526 g/mol. The van der Waals surface area contributed by atoms with Crippen LogP contribution in [0.2, 0.25) is 0 Å². The minimum absolute atomic E-state index is 0.0271. The first kappa shape index (κ1) is 30.6. The number of amides is 1. The zero-order chi connectivity index (χ0) is 31.0. The summed E-state index contributed by atoms with van der Waals surface area (Å²) in [4.78, 5) is 67.6. The lowest BCUT2D eigenvalue weighted by Gasteiger charge is -2.62. The largest absolute Gasteiger partial charge is 0.505 e. The molecule has 1 aromatic rings. The van der Waals surface area contributed by atoms with Crippen molar-refractivity contribution in [1.29, 1.82) is 0 Å². The summed E-state index contributed by atoms with van der Waals surface area (Å²) in [6.07, 6.45) is -0.412. The van der Waals surface area contributed by atoms with E-state index in [4.69, 9.17) is 4.74 Å². The van der Waals surface area contributed by atoms with Gasteiger partial charge in [-0.1, -0.05) is 47.1 Å². The fourth-order valence-corrected chi connectivity index (χ4v) is 8.47. The number of phenols is 1. The van der Waals surface area contributed by atoms with Crippen molar-refractivity contribution >= 4 is 34.9 Å². The molecule has 9 heteroatoms. The van der Waals surface area contributed by atoms with Crippen LogP contribution in [0.3, 0.4) is 0 Å². The van der Waals surface area contributed by atoms with Crippen molar-refractivity contribution in [2.24, 2.45) is 28.6 Å². The average Bonchev–Trinajstić information content (AvgIpc) is 2.82. The number of anilines is 1. The number of carbonyl (C=O) groups is 5. The Bertz CT molecular complexity index is 1420.